The second-order valence-electron chi connectivity index (χ2n) is 6.50. The van der Waals surface area contributed by atoms with Crippen LogP contribution in [0.1, 0.15) is 53.3 Å². The third-order valence-electron chi connectivity index (χ3n) is 4.96. The van der Waals surface area contributed by atoms with Gasteiger partial charge in [-0.2, -0.15) is 5.26 Å². The Kier molecular flexibility index (Phi) is 3.42. The van der Waals surface area contributed by atoms with Gasteiger partial charge in [0, 0.05) is 11.4 Å². The van der Waals surface area contributed by atoms with Crippen molar-refractivity contribution in [3.63, 3.8) is 0 Å². The molecule has 0 spiro atoms. The number of aromatic nitrogens is 1. The minimum Gasteiger partial charge on any atom is -0.399 e. The third-order valence-corrected chi connectivity index (χ3v) is 4.96. The Morgan fingerprint density at radius 2 is 2.00 bits per heavy atom. The molecule has 2 aliphatic carbocycles. The Morgan fingerprint density at radius 1 is 1.13 bits per heavy atom. The number of nitrogens with two attached hydrogens (primary N) is 1. The molecule has 0 saturated heterocycles. The number of rotatable bonds is 2. The molecule has 2 aromatic rings. The maximum absolute atomic E-state index is 9.46. The van der Waals surface area contributed by atoms with Crippen molar-refractivity contribution in [1.82, 2.24) is 4.98 Å². The van der Waals surface area contributed by atoms with E-state index in [4.69, 9.17) is 10.7 Å². The molecule has 3 N–H and O–H groups in total. The van der Waals surface area contributed by atoms with E-state index in [0.29, 0.717) is 5.56 Å². The molecule has 4 heteroatoms. The van der Waals surface area contributed by atoms with Crippen molar-refractivity contribution in [1.29, 1.82) is 5.26 Å². The van der Waals surface area contributed by atoms with Gasteiger partial charge in [-0.3, -0.25) is 0 Å². The van der Waals surface area contributed by atoms with Crippen LogP contribution < -0.4 is 11.1 Å². The highest BCUT2D eigenvalue weighted by Crippen LogP contribution is 2.34. The average Bonchev–Trinajstić information content (AvgIpc) is 3.01. The second kappa shape index (κ2) is 5.58. The van der Waals surface area contributed by atoms with Crippen LogP contribution in [-0.2, 0) is 19.3 Å². The molecule has 1 unspecified atom stereocenters. The highest BCUT2D eigenvalue weighted by Gasteiger charge is 2.23. The molecule has 1 atom stereocenters. The zero-order valence-corrected chi connectivity index (χ0v) is 13.1. The minimum absolute atomic E-state index is 0.207. The van der Waals surface area contributed by atoms with E-state index < -0.39 is 0 Å². The van der Waals surface area contributed by atoms with Gasteiger partial charge >= 0.3 is 0 Å². The third kappa shape index (κ3) is 2.53. The van der Waals surface area contributed by atoms with E-state index in [1.807, 2.05) is 12.1 Å². The fraction of sp³-hybridized carbons (Fsp3) is 0.368. The lowest BCUT2D eigenvalue weighted by atomic mass is 9.87. The van der Waals surface area contributed by atoms with Crippen LogP contribution in [0, 0.1) is 11.3 Å². The van der Waals surface area contributed by atoms with Gasteiger partial charge in [0.1, 0.15) is 11.9 Å². The average molecular weight is 304 g/mol. The smallest absolute Gasteiger partial charge is 0.144 e. The SMILES string of the molecule is N#Cc1cc2c(nc1NC1CCCc3cc(N)ccc31)CCC2. The van der Waals surface area contributed by atoms with Crippen molar-refractivity contribution >= 4 is 11.5 Å². The van der Waals surface area contributed by atoms with Crippen LogP contribution in [0.4, 0.5) is 11.5 Å². The van der Waals surface area contributed by atoms with Crippen LogP contribution in [0.3, 0.4) is 0 Å². The lowest BCUT2D eigenvalue weighted by Crippen LogP contribution is -2.19. The molecule has 1 heterocycles. The number of anilines is 2. The summed E-state index contributed by atoms with van der Waals surface area (Å²) in [5.41, 5.74) is 12.4. The van der Waals surface area contributed by atoms with Gasteiger partial charge in [-0.25, -0.2) is 4.98 Å². The van der Waals surface area contributed by atoms with Crippen LogP contribution >= 0.6 is 0 Å². The number of nitrogens with one attached hydrogen (secondary N) is 1. The number of hydrogen-bond donors (Lipinski definition) is 2. The topological polar surface area (TPSA) is 74.7 Å². The van der Waals surface area contributed by atoms with Gasteiger partial charge < -0.3 is 11.1 Å². The number of nitrogens with zero attached hydrogens (tertiary/aromatic N) is 2. The summed E-state index contributed by atoms with van der Waals surface area (Å²) in [6, 6.07) is 10.7. The molecule has 116 valence electrons. The Bertz CT molecular complexity index is 804. The fourth-order valence-electron chi connectivity index (χ4n) is 3.82. The van der Waals surface area contributed by atoms with E-state index in [9.17, 15) is 5.26 Å². The summed E-state index contributed by atoms with van der Waals surface area (Å²) in [4.78, 5) is 4.75. The number of benzene rings is 1. The Morgan fingerprint density at radius 3 is 2.87 bits per heavy atom. The van der Waals surface area contributed by atoms with E-state index in [1.54, 1.807) is 0 Å². The monoisotopic (exact) mass is 304 g/mol. The van der Waals surface area contributed by atoms with Gasteiger partial charge in [0.25, 0.3) is 0 Å². The predicted octanol–water partition coefficient (Wildman–Crippen LogP) is 3.51. The van der Waals surface area contributed by atoms with Gasteiger partial charge in [0.05, 0.1) is 11.6 Å². The summed E-state index contributed by atoms with van der Waals surface area (Å²) in [6.45, 7) is 0. The summed E-state index contributed by atoms with van der Waals surface area (Å²) in [6.07, 6.45) is 6.46. The Hall–Kier alpha value is -2.54. The lowest BCUT2D eigenvalue weighted by molar-refractivity contribution is 0.598. The first-order valence-electron chi connectivity index (χ1n) is 8.32. The van der Waals surface area contributed by atoms with Crippen molar-refractivity contribution in [2.45, 2.75) is 44.6 Å². The summed E-state index contributed by atoms with van der Waals surface area (Å²) in [5.74, 6) is 0.739. The van der Waals surface area contributed by atoms with E-state index in [-0.39, 0.29) is 6.04 Å². The summed E-state index contributed by atoms with van der Waals surface area (Å²) < 4.78 is 0. The molecular formula is C19H20N4. The molecular weight excluding hydrogens is 284 g/mol. The quantitative estimate of drug-likeness (QED) is 0.833. The largest absolute Gasteiger partial charge is 0.399 e. The second-order valence-corrected chi connectivity index (χ2v) is 6.50. The van der Waals surface area contributed by atoms with Gasteiger partial charge in [-0.1, -0.05) is 6.07 Å². The van der Waals surface area contributed by atoms with Crippen LogP contribution in [0.2, 0.25) is 0 Å². The zero-order chi connectivity index (χ0) is 15.8. The zero-order valence-electron chi connectivity index (χ0n) is 13.1. The molecule has 0 aliphatic heterocycles. The first-order valence-corrected chi connectivity index (χ1v) is 8.32. The highest BCUT2D eigenvalue weighted by molar-refractivity contribution is 5.57. The maximum Gasteiger partial charge on any atom is 0.144 e. The number of pyridine rings is 1. The van der Waals surface area contributed by atoms with Crippen molar-refractivity contribution in [2.75, 3.05) is 11.1 Å². The molecule has 0 saturated carbocycles. The van der Waals surface area contributed by atoms with Crippen LogP contribution in [0.15, 0.2) is 24.3 Å². The summed E-state index contributed by atoms with van der Waals surface area (Å²) >= 11 is 0. The minimum atomic E-state index is 0.207. The maximum atomic E-state index is 9.46. The molecule has 1 aromatic carbocycles. The number of nitrogen functional groups attached to an aromatic ring is 1. The van der Waals surface area contributed by atoms with Crippen molar-refractivity contribution < 1.29 is 0 Å². The number of fused-ring (bicyclic) bond motifs is 2. The predicted molar refractivity (Wildman–Crippen MR) is 91.1 cm³/mol. The molecule has 0 fully saturated rings. The molecule has 23 heavy (non-hydrogen) atoms. The number of nitriles is 1. The molecule has 0 bridgehead atoms. The van der Waals surface area contributed by atoms with Gasteiger partial charge in [0.2, 0.25) is 0 Å². The molecule has 0 radical (unpaired) electrons. The lowest BCUT2D eigenvalue weighted by Gasteiger charge is -2.27. The number of aryl methyl sites for hydroxylation is 3. The molecule has 0 amide bonds. The van der Waals surface area contributed by atoms with Gasteiger partial charge in [-0.15, -0.1) is 0 Å². The van der Waals surface area contributed by atoms with E-state index >= 15 is 0 Å². The fourth-order valence-corrected chi connectivity index (χ4v) is 3.82. The molecule has 4 nitrogen and oxygen atoms in total. The first kappa shape index (κ1) is 14.1. The number of hydrogen-bond acceptors (Lipinski definition) is 4. The van der Waals surface area contributed by atoms with Gasteiger partial charge in [-0.05, 0) is 73.4 Å². The Labute approximate surface area is 136 Å². The van der Waals surface area contributed by atoms with Crippen LogP contribution in [0.25, 0.3) is 0 Å². The van der Waals surface area contributed by atoms with Crippen molar-refractivity contribution in [3.05, 3.63) is 52.2 Å². The first-order chi connectivity index (χ1) is 11.2. The van der Waals surface area contributed by atoms with Crippen LogP contribution in [-0.4, -0.2) is 4.98 Å². The van der Waals surface area contributed by atoms with Crippen molar-refractivity contribution in [3.8, 4) is 6.07 Å². The molecule has 2 aliphatic rings. The summed E-state index contributed by atoms with van der Waals surface area (Å²) in [7, 11) is 0. The van der Waals surface area contributed by atoms with E-state index in [0.717, 1.165) is 55.7 Å². The molecule has 4 rings (SSSR count). The highest BCUT2D eigenvalue weighted by atomic mass is 15.0. The standard InChI is InChI=1S/C19H20N4/c20-11-14-9-13-4-2-5-17(13)22-19(14)23-18-6-1-3-12-10-15(21)7-8-16(12)18/h7-10,18H,1-6,21H2,(H,22,23). The normalized spacial score (nSPS) is 18.8. The molecule has 1 aromatic heterocycles. The summed E-state index contributed by atoms with van der Waals surface area (Å²) in [5, 5.41) is 13.0. The van der Waals surface area contributed by atoms with E-state index in [2.05, 4.69) is 23.5 Å². The van der Waals surface area contributed by atoms with Crippen molar-refractivity contribution in [2.24, 2.45) is 0 Å². The van der Waals surface area contributed by atoms with Crippen LogP contribution in [0.5, 0.6) is 0 Å². The van der Waals surface area contributed by atoms with Gasteiger partial charge in [0.15, 0.2) is 0 Å². The Balaban J connectivity index is 1.69. The van der Waals surface area contributed by atoms with E-state index in [1.165, 1.54) is 16.7 Å².